The van der Waals surface area contributed by atoms with E-state index < -0.39 is 8.32 Å². The van der Waals surface area contributed by atoms with Crippen LogP contribution in [0.4, 0.5) is 5.82 Å². The van der Waals surface area contributed by atoms with E-state index in [4.69, 9.17) is 16.0 Å². The maximum Gasteiger partial charge on any atom is 0.261 e. The molecule has 0 saturated heterocycles. The number of aliphatic hydroxyl groups excluding tert-OH is 1. The molecule has 0 unspecified atom stereocenters. The molecule has 0 amide bonds. The molecule has 2 aromatic carbocycles. The number of aliphatic hydroxyl groups is 1. The fraction of sp³-hybridized carbons (Fsp3) is 0.429. The monoisotopic (exact) mass is 511 g/mol. The van der Waals surface area contributed by atoms with Crippen molar-refractivity contribution < 1.29 is 9.53 Å². The van der Waals surface area contributed by atoms with Gasteiger partial charge in [-0.15, -0.1) is 0 Å². The summed E-state index contributed by atoms with van der Waals surface area (Å²) in [5, 5.41) is 15.7. The molecule has 0 atom stereocenters. The minimum Gasteiger partial charge on any atom is -0.407 e. The van der Waals surface area contributed by atoms with Crippen LogP contribution < -0.4 is 15.7 Å². The number of hydrogen-bond donors (Lipinski definition) is 2. The fourth-order valence-electron chi connectivity index (χ4n) is 4.63. The Balaban J connectivity index is 1.50. The van der Waals surface area contributed by atoms with Crippen LogP contribution in [0, 0.1) is 0 Å². The van der Waals surface area contributed by atoms with Gasteiger partial charge in [-0.2, -0.15) is 0 Å². The molecule has 0 saturated carbocycles. The topological polar surface area (TPSA) is 67.3 Å². The van der Waals surface area contributed by atoms with Gasteiger partial charge in [0.1, 0.15) is 17.3 Å². The van der Waals surface area contributed by atoms with Crippen LogP contribution in [-0.2, 0) is 11.0 Å². The average molecular weight is 512 g/mol. The molecule has 35 heavy (non-hydrogen) atoms. The number of halogens is 1. The number of hydrogen-bond acceptors (Lipinski definition) is 5. The third-order valence-electron chi connectivity index (χ3n) is 6.40. The molecule has 0 radical (unpaired) electrons. The highest BCUT2D eigenvalue weighted by Gasteiger charge is 2.49. The SMILES string of the molecule is CC(C)(C)[Si](OCCCCCCCNc1ncnc(Cl)c1CO)(c1ccccc1)c1ccccc1. The van der Waals surface area contributed by atoms with Crippen molar-refractivity contribution in [3.05, 3.63) is 77.7 Å². The maximum absolute atomic E-state index is 9.46. The van der Waals surface area contributed by atoms with Gasteiger partial charge >= 0.3 is 0 Å². The Hall–Kier alpha value is -2.25. The molecule has 3 aromatic rings. The van der Waals surface area contributed by atoms with Gasteiger partial charge in [-0.3, -0.25) is 0 Å². The lowest BCUT2D eigenvalue weighted by molar-refractivity contribution is 0.281. The van der Waals surface area contributed by atoms with Crippen LogP contribution in [0.2, 0.25) is 10.2 Å². The number of aromatic nitrogens is 2. The van der Waals surface area contributed by atoms with Gasteiger partial charge in [-0.1, -0.05) is 112 Å². The van der Waals surface area contributed by atoms with E-state index in [-0.39, 0.29) is 11.6 Å². The summed E-state index contributed by atoms with van der Waals surface area (Å²) in [6, 6.07) is 21.6. The van der Waals surface area contributed by atoms with Crippen molar-refractivity contribution in [2.45, 2.75) is 64.5 Å². The quantitative estimate of drug-likeness (QED) is 0.178. The van der Waals surface area contributed by atoms with Gasteiger partial charge in [-0.05, 0) is 28.3 Å². The average Bonchev–Trinajstić information content (AvgIpc) is 2.86. The number of nitrogens with zero attached hydrogens (tertiary/aromatic N) is 2. The van der Waals surface area contributed by atoms with Gasteiger partial charge in [0.2, 0.25) is 0 Å². The first-order chi connectivity index (χ1) is 16.9. The Morgan fingerprint density at radius 2 is 1.43 bits per heavy atom. The zero-order valence-corrected chi connectivity index (χ0v) is 22.9. The summed E-state index contributed by atoms with van der Waals surface area (Å²) in [5.41, 5.74) is 0.551. The van der Waals surface area contributed by atoms with Crippen LogP contribution in [0.5, 0.6) is 0 Å². The Bertz CT molecular complexity index is 990. The molecule has 1 heterocycles. The van der Waals surface area contributed by atoms with E-state index >= 15 is 0 Å². The summed E-state index contributed by atoms with van der Waals surface area (Å²) < 4.78 is 6.96. The molecule has 0 fully saturated rings. The van der Waals surface area contributed by atoms with Crippen LogP contribution in [0.25, 0.3) is 0 Å². The highest BCUT2D eigenvalue weighted by atomic mass is 35.5. The predicted octanol–water partition coefficient (Wildman–Crippen LogP) is 5.56. The van der Waals surface area contributed by atoms with Crippen molar-refractivity contribution in [1.29, 1.82) is 0 Å². The van der Waals surface area contributed by atoms with E-state index in [0.717, 1.165) is 45.3 Å². The molecule has 1 aromatic heterocycles. The van der Waals surface area contributed by atoms with Gasteiger partial charge in [0.05, 0.1) is 12.2 Å². The third-order valence-corrected chi connectivity index (χ3v) is 11.8. The minimum absolute atomic E-state index is 0.0126. The van der Waals surface area contributed by atoms with E-state index in [9.17, 15) is 5.11 Å². The summed E-state index contributed by atoms with van der Waals surface area (Å²) in [4.78, 5) is 8.09. The summed E-state index contributed by atoms with van der Waals surface area (Å²) in [6.45, 7) is 8.34. The van der Waals surface area contributed by atoms with E-state index in [1.165, 1.54) is 16.7 Å². The highest BCUT2D eigenvalue weighted by Crippen LogP contribution is 2.36. The fourth-order valence-corrected chi connectivity index (χ4v) is 9.43. The normalized spacial score (nSPS) is 12.0. The summed E-state index contributed by atoms with van der Waals surface area (Å²) in [5.74, 6) is 0.617. The second kappa shape index (κ2) is 13.2. The first-order valence-electron chi connectivity index (χ1n) is 12.5. The van der Waals surface area contributed by atoms with Crippen molar-refractivity contribution in [3.8, 4) is 0 Å². The molecule has 0 aliphatic carbocycles. The molecule has 2 N–H and O–H groups in total. The van der Waals surface area contributed by atoms with Gasteiger partial charge in [0, 0.05) is 13.2 Å². The van der Waals surface area contributed by atoms with Crippen LogP contribution in [0.1, 0.15) is 58.4 Å². The standard InChI is InChI=1S/C28H38ClN3O2Si/c1-28(2,3)35(23-15-9-7-10-16-23,24-17-11-8-12-18-24)34-20-14-6-4-5-13-19-30-27-25(21-33)26(29)31-22-32-27/h7-12,15-18,22,33H,4-6,13-14,19-21H2,1-3H3,(H,30,31,32). The number of unbranched alkanes of at least 4 members (excludes halogenated alkanes) is 4. The van der Waals surface area contributed by atoms with Crippen LogP contribution in [0.15, 0.2) is 67.0 Å². The number of nitrogens with one attached hydrogen (secondary N) is 1. The Kier molecular flexibility index (Phi) is 10.3. The first kappa shape index (κ1) is 27.3. The van der Waals surface area contributed by atoms with Crippen LogP contribution in [-0.4, -0.2) is 36.5 Å². The first-order valence-corrected chi connectivity index (χ1v) is 14.8. The lowest BCUT2D eigenvalue weighted by atomic mass is 10.1. The molecular weight excluding hydrogens is 474 g/mol. The largest absolute Gasteiger partial charge is 0.407 e. The summed E-state index contributed by atoms with van der Waals surface area (Å²) in [7, 11) is -2.43. The lowest BCUT2D eigenvalue weighted by Gasteiger charge is -2.43. The number of rotatable bonds is 13. The zero-order valence-electron chi connectivity index (χ0n) is 21.1. The van der Waals surface area contributed by atoms with Gasteiger partial charge in [-0.25, -0.2) is 9.97 Å². The maximum atomic E-state index is 9.46. The van der Waals surface area contributed by atoms with E-state index in [2.05, 4.69) is 96.7 Å². The molecule has 0 aliphatic rings. The van der Waals surface area contributed by atoms with Gasteiger partial charge in [0.15, 0.2) is 0 Å². The molecule has 3 rings (SSSR count). The van der Waals surface area contributed by atoms with Crippen molar-refractivity contribution in [2.24, 2.45) is 0 Å². The minimum atomic E-state index is -2.43. The molecule has 7 heteroatoms. The van der Waals surface area contributed by atoms with Crippen LogP contribution >= 0.6 is 11.6 Å². The summed E-state index contributed by atoms with van der Waals surface area (Å²) >= 11 is 6.02. The predicted molar refractivity (Wildman–Crippen MR) is 148 cm³/mol. The molecule has 0 aliphatic heterocycles. The molecular formula is C28H38ClN3O2Si. The smallest absolute Gasteiger partial charge is 0.261 e. The van der Waals surface area contributed by atoms with Crippen molar-refractivity contribution in [2.75, 3.05) is 18.5 Å². The van der Waals surface area contributed by atoms with Crippen molar-refractivity contribution in [3.63, 3.8) is 0 Å². The third kappa shape index (κ3) is 6.91. The molecule has 188 valence electrons. The molecule has 5 nitrogen and oxygen atoms in total. The Labute approximate surface area is 216 Å². The van der Waals surface area contributed by atoms with Gasteiger partial charge < -0.3 is 14.8 Å². The van der Waals surface area contributed by atoms with Crippen molar-refractivity contribution >= 4 is 36.1 Å². The Morgan fingerprint density at radius 3 is 2.00 bits per heavy atom. The molecule has 0 spiro atoms. The zero-order chi connectivity index (χ0) is 25.2. The van der Waals surface area contributed by atoms with E-state index in [1.807, 2.05) is 0 Å². The van der Waals surface area contributed by atoms with E-state index in [1.54, 1.807) is 0 Å². The second-order valence-corrected chi connectivity index (χ2v) is 14.5. The Morgan fingerprint density at radius 1 is 0.857 bits per heavy atom. The molecule has 0 bridgehead atoms. The highest BCUT2D eigenvalue weighted by molar-refractivity contribution is 6.99. The lowest BCUT2D eigenvalue weighted by Crippen LogP contribution is -2.66. The number of benzene rings is 2. The summed E-state index contributed by atoms with van der Waals surface area (Å²) in [6.07, 6.45) is 6.91. The van der Waals surface area contributed by atoms with Crippen LogP contribution in [0.3, 0.4) is 0 Å². The number of anilines is 1. The second-order valence-electron chi connectivity index (χ2n) is 9.86. The van der Waals surface area contributed by atoms with Gasteiger partial charge in [0.25, 0.3) is 8.32 Å². The van der Waals surface area contributed by atoms with Crippen molar-refractivity contribution in [1.82, 2.24) is 9.97 Å². The van der Waals surface area contributed by atoms with E-state index in [0.29, 0.717) is 16.5 Å².